The van der Waals surface area contributed by atoms with Crippen molar-refractivity contribution in [2.75, 3.05) is 10.6 Å². The lowest BCUT2D eigenvalue weighted by Gasteiger charge is -2.13. The monoisotopic (exact) mass is 494 g/mol. The Bertz CT molecular complexity index is 867. The first-order chi connectivity index (χ1) is 17.6. The topological polar surface area (TPSA) is 66.9 Å². The van der Waals surface area contributed by atoms with Crippen molar-refractivity contribution >= 4 is 23.1 Å². The number of amides is 1. The van der Waals surface area contributed by atoms with Crippen molar-refractivity contribution in [3.05, 3.63) is 41.9 Å². The van der Waals surface area contributed by atoms with Gasteiger partial charge in [-0.1, -0.05) is 110 Å². The van der Waals surface area contributed by atoms with Crippen LogP contribution < -0.4 is 10.6 Å². The van der Waals surface area contributed by atoms with E-state index in [-0.39, 0.29) is 5.91 Å². The summed E-state index contributed by atoms with van der Waals surface area (Å²) in [6.07, 6.45) is 23.0. The fourth-order valence-electron chi connectivity index (χ4n) is 4.62. The van der Waals surface area contributed by atoms with Crippen molar-refractivity contribution in [2.24, 2.45) is 0 Å². The Hall–Kier alpha value is -2.43. The smallest absolute Gasteiger partial charge is 0.224 e. The molecule has 0 atom stereocenters. The Morgan fingerprint density at radius 3 is 1.89 bits per heavy atom. The van der Waals surface area contributed by atoms with Gasteiger partial charge in [-0.3, -0.25) is 4.79 Å². The van der Waals surface area contributed by atoms with Crippen molar-refractivity contribution in [3.63, 3.8) is 0 Å². The first-order valence-corrected chi connectivity index (χ1v) is 14.6. The fraction of sp³-hybridized carbons (Fsp3) is 0.645. The summed E-state index contributed by atoms with van der Waals surface area (Å²) in [5.74, 6) is 0.858. The SMILES string of the molecule is CCCCCCCCCCCCCCCCCC(=O)Nc1cc(Nc2cc(C)ncn2)ccc1CC. The van der Waals surface area contributed by atoms with Crippen LogP contribution in [0.5, 0.6) is 0 Å². The van der Waals surface area contributed by atoms with Gasteiger partial charge in [0.05, 0.1) is 0 Å². The summed E-state index contributed by atoms with van der Waals surface area (Å²) in [7, 11) is 0. The molecule has 1 aromatic heterocycles. The number of nitrogens with one attached hydrogen (secondary N) is 2. The molecule has 0 aliphatic heterocycles. The van der Waals surface area contributed by atoms with Crippen LogP contribution >= 0.6 is 0 Å². The van der Waals surface area contributed by atoms with Crippen molar-refractivity contribution < 1.29 is 4.79 Å². The molecule has 0 spiro atoms. The van der Waals surface area contributed by atoms with Crippen LogP contribution in [0.1, 0.15) is 128 Å². The number of anilines is 3. The fourth-order valence-corrected chi connectivity index (χ4v) is 4.62. The predicted molar refractivity (Wildman–Crippen MR) is 154 cm³/mol. The minimum absolute atomic E-state index is 0.106. The van der Waals surface area contributed by atoms with Crippen LogP contribution in [-0.2, 0) is 11.2 Å². The molecule has 0 bridgehead atoms. The molecule has 0 aliphatic carbocycles. The van der Waals surface area contributed by atoms with Crippen molar-refractivity contribution in [1.29, 1.82) is 0 Å². The number of rotatable bonds is 20. The number of benzene rings is 1. The molecule has 0 radical (unpaired) electrons. The highest BCUT2D eigenvalue weighted by Gasteiger charge is 2.08. The van der Waals surface area contributed by atoms with E-state index in [0.29, 0.717) is 6.42 Å². The van der Waals surface area contributed by atoms with E-state index in [1.807, 2.05) is 25.1 Å². The van der Waals surface area contributed by atoms with Gasteiger partial charge in [-0.2, -0.15) is 0 Å². The Morgan fingerprint density at radius 1 is 0.750 bits per heavy atom. The molecular weight excluding hydrogens is 444 g/mol. The molecule has 1 aromatic carbocycles. The maximum Gasteiger partial charge on any atom is 0.224 e. The number of hydrogen-bond donors (Lipinski definition) is 2. The lowest BCUT2D eigenvalue weighted by Crippen LogP contribution is -2.13. The molecule has 0 aliphatic rings. The zero-order valence-electron chi connectivity index (χ0n) is 23.2. The number of aryl methyl sites for hydroxylation is 2. The molecule has 36 heavy (non-hydrogen) atoms. The second kappa shape index (κ2) is 18.8. The maximum absolute atomic E-state index is 12.6. The highest BCUT2D eigenvalue weighted by molar-refractivity contribution is 5.92. The summed E-state index contributed by atoms with van der Waals surface area (Å²) in [4.78, 5) is 21.0. The Kier molecular flexibility index (Phi) is 15.5. The third kappa shape index (κ3) is 13.0. The number of carbonyl (C=O) groups excluding carboxylic acids is 1. The molecule has 0 unspecified atom stereocenters. The van der Waals surface area contributed by atoms with Gasteiger partial charge in [0.2, 0.25) is 5.91 Å². The average molecular weight is 495 g/mol. The predicted octanol–water partition coefficient (Wildman–Crippen LogP) is 9.29. The van der Waals surface area contributed by atoms with Gasteiger partial charge in [0.25, 0.3) is 0 Å². The second-order valence-corrected chi connectivity index (χ2v) is 10.1. The maximum atomic E-state index is 12.6. The number of unbranched alkanes of at least 4 members (excludes halogenated alkanes) is 14. The van der Waals surface area contributed by atoms with E-state index in [4.69, 9.17) is 0 Å². The van der Waals surface area contributed by atoms with Crippen molar-refractivity contribution in [2.45, 2.75) is 130 Å². The molecule has 0 fully saturated rings. The van der Waals surface area contributed by atoms with Gasteiger partial charge in [0.1, 0.15) is 12.1 Å². The van der Waals surface area contributed by atoms with E-state index >= 15 is 0 Å². The van der Waals surface area contributed by atoms with Gasteiger partial charge < -0.3 is 10.6 Å². The molecule has 2 aromatic rings. The molecular formula is C31H50N4O. The van der Waals surface area contributed by atoms with E-state index in [9.17, 15) is 4.79 Å². The summed E-state index contributed by atoms with van der Waals surface area (Å²) in [6.45, 7) is 6.33. The summed E-state index contributed by atoms with van der Waals surface area (Å²) in [5, 5.41) is 6.44. The summed E-state index contributed by atoms with van der Waals surface area (Å²) in [6, 6.07) is 8.00. The zero-order chi connectivity index (χ0) is 25.8. The number of carbonyl (C=O) groups is 1. The number of aromatic nitrogens is 2. The molecule has 200 valence electrons. The van der Waals surface area contributed by atoms with Crippen molar-refractivity contribution in [1.82, 2.24) is 9.97 Å². The minimum atomic E-state index is 0.106. The van der Waals surface area contributed by atoms with E-state index in [0.717, 1.165) is 47.7 Å². The molecule has 2 rings (SSSR count). The third-order valence-corrected chi connectivity index (χ3v) is 6.85. The van der Waals surface area contributed by atoms with Gasteiger partial charge >= 0.3 is 0 Å². The van der Waals surface area contributed by atoms with Crippen LogP contribution in [-0.4, -0.2) is 15.9 Å². The number of hydrogen-bond acceptors (Lipinski definition) is 4. The average Bonchev–Trinajstić information content (AvgIpc) is 2.86. The molecule has 2 N–H and O–H groups in total. The lowest BCUT2D eigenvalue weighted by atomic mass is 10.0. The molecule has 0 saturated heterocycles. The third-order valence-electron chi connectivity index (χ3n) is 6.85. The van der Waals surface area contributed by atoms with Gasteiger partial charge in [-0.15, -0.1) is 0 Å². The first-order valence-electron chi connectivity index (χ1n) is 14.6. The first kappa shape index (κ1) is 29.8. The lowest BCUT2D eigenvalue weighted by molar-refractivity contribution is -0.116. The van der Waals surface area contributed by atoms with E-state index in [1.165, 1.54) is 83.5 Å². The normalized spacial score (nSPS) is 11.0. The quantitative estimate of drug-likeness (QED) is 0.180. The highest BCUT2D eigenvalue weighted by atomic mass is 16.1. The standard InChI is InChI=1S/C31H50N4O/c1-4-6-7-8-9-10-11-12-13-14-15-16-17-18-19-20-31(36)35-29-24-28(22-21-27(29)5-2)34-30-23-26(3)32-25-33-30/h21-25H,4-20H2,1-3H3,(H,35,36)(H,32,33,34). The summed E-state index contributed by atoms with van der Waals surface area (Å²) >= 11 is 0. The Labute approximate surface area is 220 Å². The van der Waals surface area contributed by atoms with Crippen molar-refractivity contribution in [3.8, 4) is 0 Å². The van der Waals surface area contributed by atoms with Crippen LogP contribution in [0.2, 0.25) is 0 Å². The van der Waals surface area contributed by atoms with Crippen LogP contribution in [0.15, 0.2) is 30.6 Å². The molecule has 5 heteroatoms. The van der Waals surface area contributed by atoms with E-state index in [2.05, 4.69) is 40.5 Å². The highest BCUT2D eigenvalue weighted by Crippen LogP contribution is 2.24. The second-order valence-electron chi connectivity index (χ2n) is 10.1. The van der Waals surface area contributed by atoms with Gasteiger partial charge in [0.15, 0.2) is 0 Å². The van der Waals surface area contributed by atoms with Gasteiger partial charge in [0, 0.05) is 29.6 Å². The largest absolute Gasteiger partial charge is 0.340 e. The molecule has 1 amide bonds. The zero-order valence-corrected chi connectivity index (χ0v) is 23.2. The minimum Gasteiger partial charge on any atom is -0.340 e. The molecule has 0 saturated carbocycles. The molecule has 1 heterocycles. The van der Waals surface area contributed by atoms with Crippen LogP contribution in [0.3, 0.4) is 0 Å². The van der Waals surface area contributed by atoms with Gasteiger partial charge in [-0.25, -0.2) is 9.97 Å². The van der Waals surface area contributed by atoms with Crippen LogP contribution in [0.25, 0.3) is 0 Å². The van der Waals surface area contributed by atoms with Crippen LogP contribution in [0.4, 0.5) is 17.2 Å². The van der Waals surface area contributed by atoms with E-state index in [1.54, 1.807) is 6.33 Å². The van der Waals surface area contributed by atoms with E-state index < -0.39 is 0 Å². The number of nitrogens with zero attached hydrogens (tertiary/aromatic N) is 2. The Balaban J connectivity index is 1.56. The molecule has 5 nitrogen and oxygen atoms in total. The van der Waals surface area contributed by atoms with Gasteiger partial charge in [-0.05, 0) is 37.5 Å². The summed E-state index contributed by atoms with van der Waals surface area (Å²) in [5.41, 5.74) is 3.85. The summed E-state index contributed by atoms with van der Waals surface area (Å²) < 4.78 is 0. The van der Waals surface area contributed by atoms with Crippen LogP contribution in [0, 0.1) is 6.92 Å². The Morgan fingerprint density at radius 2 is 1.33 bits per heavy atom.